The van der Waals surface area contributed by atoms with Gasteiger partial charge in [0.05, 0.1) is 6.61 Å². The number of hydrogen-bond acceptors (Lipinski definition) is 6. The first-order chi connectivity index (χ1) is 11.8. The fourth-order valence-corrected chi connectivity index (χ4v) is 1.61. The first-order valence-electron chi connectivity index (χ1n) is 6.97. The third-order valence-corrected chi connectivity index (χ3v) is 2.50. The largest absolute Gasteiger partial charge is 0.490 e. The minimum atomic E-state index is -3.00. The Balaban J connectivity index is 2.69. The van der Waals surface area contributed by atoms with E-state index in [1.165, 1.54) is 24.3 Å². The van der Waals surface area contributed by atoms with Crippen LogP contribution in [0.5, 0.6) is 11.5 Å². The monoisotopic (exact) mass is 358 g/mol. The van der Waals surface area contributed by atoms with Gasteiger partial charge in [0.25, 0.3) is 5.91 Å². The zero-order valence-electron chi connectivity index (χ0n) is 13.2. The van der Waals surface area contributed by atoms with Crippen molar-refractivity contribution in [3.63, 3.8) is 0 Å². The molecule has 1 rings (SSSR count). The number of primary amides is 1. The van der Waals surface area contributed by atoms with E-state index in [0.717, 1.165) is 6.08 Å². The molecule has 136 valence electrons. The number of urea groups is 1. The Morgan fingerprint density at radius 1 is 1.28 bits per heavy atom. The SMILES string of the molecule is CCOc1cc(/C=C/C(=O)OCC(=O)NC(N)=O)ccc1OC(F)F. The van der Waals surface area contributed by atoms with Crippen LogP contribution in [0.25, 0.3) is 6.08 Å². The molecule has 0 saturated heterocycles. The van der Waals surface area contributed by atoms with E-state index >= 15 is 0 Å². The van der Waals surface area contributed by atoms with Crippen molar-refractivity contribution >= 4 is 24.0 Å². The summed E-state index contributed by atoms with van der Waals surface area (Å²) in [7, 11) is 0. The quantitative estimate of drug-likeness (QED) is 0.536. The molecule has 0 spiro atoms. The van der Waals surface area contributed by atoms with Crippen molar-refractivity contribution in [2.24, 2.45) is 5.73 Å². The van der Waals surface area contributed by atoms with E-state index < -0.39 is 31.1 Å². The number of amides is 3. The highest BCUT2D eigenvalue weighted by Gasteiger charge is 2.11. The molecule has 0 aliphatic rings. The molecule has 25 heavy (non-hydrogen) atoms. The molecule has 8 nitrogen and oxygen atoms in total. The molecule has 0 atom stereocenters. The predicted octanol–water partition coefficient (Wildman–Crippen LogP) is 1.44. The van der Waals surface area contributed by atoms with Gasteiger partial charge in [0, 0.05) is 6.08 Å². The minimum absolute atomic E-state index is 0.0825. The minimum Gasteiger partial charge on any atom is -0.490 e. The van der Waals surface area contributed by atoms with Crippen LogP contribution in [0, 0.1) is 0 Å². The van der Waals surface area contributed by atoms with Crippen LogP contribution in [0.2, 0.25) is 0 Å². The second kappa shape index (κ2) is 9.85. The van der Waals surface area contributed by atoms with Gasteiger partial charge in [-0.1, -0.05) is 6.07 Å². The average Bonchev–Trinajstić information content (AvgIpc) is 2.52. The van der Waals surface area contributed by atoms with E-state index in [1.807, 2.05) is 0 Å². The number of nitrogens with two attached hydrogens (primary N) is 1. The van der Waals surface area contributed by atoms with Crippen molar-refractivity contribution in [1.29, 1.82) is 0 Å². The second-order valence-corrected chi connectivity index (χ2v) is 4.37. The van der Waals surface area contributed by atoms with Crippen LogP contribution in [-0.4, -0.2) is 37.7 Å². The Bertz CT molecular complexity index is 663. The van der Waals surface area contributed by atoms with Gasteiger partial charge in [-0.15, -0.1) is 0 Å². The van der Waals surface area contributed by atoms with Crippen molar-refractivity contribution in [3.05, 3.63) is 29.8 Å². The summed E-state index contributed by atoms with van der Waals surface area (Å²) >= 11 is 0. The highest BCUT2D eigenvalue weighted by molar-refractivity contribution is 5.95. The summed E-state index contributed by atoms with van der Waals surface area (Å²) in [6, 6.07) is 3.02. The lowest BCUT2D eigenvalue weighted by Gasteiger charge is -2.11. The number of imide groups is 1. The number of rotatable bonds is 8. The number of carbonyl (C=O) groups excluding carboxylic acids is 3. The van der Waals surface area contributed by atoms with Gasteiger partial charge in [0.15, 0.2) is 18.1 Å². The van der Waals surface area contributed by atoms with Gasteiger partial charge >= 0.3 is 18.6 Å². The van der Waals surface area contributed by atoms with Gasteiger partial charge in [0.2, 0.25) is 0 Å². The van der Waals surface area contributed by atoms with E-state index in [4.69, 9.17) is 10.5 Å². The number of carbonyl (C=O) groups is 3. The summed E-state index contributed by atoms with van der Waals surface area (Å²) < 4.78 is 38.7. The maximum Gasteiger partial charge on any atom is 0.387 e. The van der Waals surface area contributed by atoms with Gasteiger partial charge in [-0.25, -0.2) is 9.59 Å². The molecule has 1 aromatic carbocycles. The molecule has 3 N–H and O–H groups in total. The normalized spacial score (nSPS) is 10.6. The smallest absolute Gasteiger partial charge is 0.387 e. The maximum absolute atomic E-state index is 12.3. The number of nitrogens with one attached hydrogen (secondary N) is 1. The van der Waals surface area contributed by atoms with Crippen LogP contribution < -0.4 is 20.5 Å². The van der Waals surface area contributed by atoms with E-state index in [2.05, 4.69) is 9.47 Å². The standard InChI is InChI=1S/C15H16F2N2O6/c1-2-23-11-7-9(3-5-10(11)25-14(16)17)4-6-13(21)24-8-12(20)19-15(18)22/h3-7,14H,2,8H2,1H3,(H3,18,19,20,22)/b6-4+. The van der Waals surface area contributed by atoms with Gasteiger partial charge in [-0.2, -0.15) is 8.78 Å². The Hall–Kier alpha value is -3.17. The van der Waals surface area contributed by atoms with E-state index in [1.54, 1.807) is 12.2 Å². The van der Waals surface area contributed by atoms with Gasteiger partial charge in [-0.3, -0.25) is 10.1 Å². The zero-order chi connectivity index (χ0) is 18.8. The first-order valence-corrected chi connectivity index (χ1v) is 6.97. The summed E-state index contributed by atoms with van der Waals surface area (Å²) in [6.45, 7) is -1.79. The molecule has 0 unspecified atom stereocenters. The van der Waals surface area contributed by atoms with Gasteiger partial charge in [-0.05, 0) is 30.7 Å². The van der Waals surface area contributed by atoms with Crippen LogP contribution in [0.4, 0.5) is 13.6 Å². The number of benzene rings is 1. The molecule has 0 bridgehead atoms. The molecular formula is C15H16F2N2O6. The molecular weight excluding hydrogens is 342 g/mol. The molecule has 10 heteroatoms. The van der Waals surface area contributed by atoms with E-state index in [9.17, 15) is 23.2 Å². The average molecular weight is 358 g/mol. The number of hydrogen-bond donors (Lipinski definition) is 2. The second-order valence-electron chi connectivity index (χ2n) is 4.37. The highest BCUT2D eigenvalue weighted by atomic mass is 19.3. The summed E-state index contributed by atoms with van der Waals surface area (Å²) in [6.07, 6.45) is 2.33. The van der Waals surface area contributed by atoms with Crippen molar-refractivity contribution in [1.82, 2.24) is 5.32 Å². The molecule has 1 aromatic rings. The van der Waals surface area contributed by atoms with Gasteiger partial charge in [0.1, 0.15) is 0 Å². The third kappa shape index (κ3) is 7.77. The fourth-order valence-electron chi connectivity index (χ4n) is 1.61. The summed E-state index contributed by atoms with van der Waals surface area (Å²) in [5.41, 5.74) is 5.17. The number of ether oxygens (including phenoxy) is 3. The van der Waals surface area contributed by atoms with Crippen molar-refractivity contribution in [2.75, 3.05) is 13.2 Å². The van der Waals surface area contributed by atoms with Crippen LogP contribution in [-0.2, 0) is 14.3 Å². The molecule has 0 saturated carbocycles. The number of alkyl halides is 2. The lowest BCUT2D eigenvalue weighted by Crippen LogP contribution is -2.37. The van der Waals surface area contributed by atoms with Crippen molar-refractivity contribution < 1.29 is 37.4 Å². The lowest BCUT2D eigenvalue weighted by atomic mass is 10.2. The van der Waals surface area contributed by atoms with Crippen LogP contribution in [0.15, 0.2) is 24.3 Å². The highest BCUT2D eigenvalue weighted by Crippen LogP contribution is 2.30. The molecule has 0 heterocycles. The lowest BCUT2D eigenvalue weighted by molar-refractivity contribution is -0.143. The van der Waals surface area contributed by atoms with Crippen molar-refractivity contribution in [3.8, 4) is 11.5 Å². The third-order valence-electron chi connectivity index (χ3n) is 2.50. The molecule has 0 aromatic heterocycles. The van der Waals surface area contributed by atoms with Crippen molar-refractivity contribution in [2.45, 2.75) is 13.5 Å². The summed E-state index contributed by atoms with van der Waals surface area (Å²) in [5.74, 6) is -1.79. The molecule has 0 fully saturated rings. The Labute approximate surface area is 141 Å². The van der Waals surface area contributed by atoms with Crippen LogP contribution >= 0.6 is 0 Å². The van der Waals surface area contributed by atoms with Crippen LogP contribution in [0.3, 0.4) is 0 Å². The number of halogens is 2. The molecule has 0 aliphatic heterocycles. The molecule has 0 aliphatic carbocycles. The maximum atomic E-state index is 12.3. The molecule has 3 amide bonds. The van der Waals surface area contributed by atoms with Gasteiger partial charge < -0.3 is 19.9 Å². The summed E-state index contributed by atoms with van der Waals surface area (Å²) in [4.78, 5) is 33.0. The zero-order valence-corrected chi connectivity index (χ0v) is 13.2. The topological polar surface area (TPSA) is 117 Å². The number of esters is 1. The van der Waals surface area contributed by atoms with Crippen LogP contribution in [0.1, 0.15) is 12.5 Å². The predicted molar refractivity (Wildman–Crippen MR) is 82.0 cm³/mol. The Morgan fingerprint density at radius 3 is 2.60 bits per heavy atom. The first kappa shape index (κ1) is 19.9. The fraction of sp³-hybridized carbons (Fsp3) is 0.267. The van der Waals surface area contributed by atoms with E-state index in [-0.39, 0.29) is 18.1 Å². The Kier molecular flexibility index (Phi) is 7.83. The van der Waals surface area contributed by atoms with E-state index in [0.29, 0.717) is 5.56 Å². The Morgan fingerprint density at radius 2 is 2.00 bits per heavy atom. The molecule has 0 radical (unpaired) electrons. The summed E-state index contributed by atoms with van der Waals surface area (Å²) in [5, 5.41) is 1.72.